The van der Waals surface area contributed by atoms with Crippen molar-refractivity contribution in [1.82, 2.24) is 10.6 Å². The van der Waals surface area contributed by atoms with Gasteiger partial charge in [0.1, 0.15) is 5.75 Å². The van der Waals surface area contributed by atoms with Crippen molar-refractivity contribution >= 4 is 11.8 Å². The van der Waals surface area contributed by atoms with Crippen LogP contribution in [0, 0.1) is 12.8 Å². The van der Waals surface area contributed by atoms with Gasteiger partial charge in [-0.1, -0.05) is 31.5 Å². The molecule has 1 aromatic rings. The molecule has 6 nitrogen and oxygen atoms in total. The highest BCUT2D eigenvalue weighted by molar-refractivity contribution is 5.87. The van der Waals surface area contributed by atoms with E-state index in [4.69, 9.17) is 10.5 Å². The van der Waals surface area contributed by atoms with Gasteiger partial charge in [0.05, 0.1) is 19.7 Å². The number of nitrogens with one attached hydrogen (secondary N) is 2. The Bertz CT molecular complexity index is 544. The monoisotopic (exact) mass is 321 g/mol. The lowest BCUT2D eigenvalue weighted by Gasteiger charge is -2.15. The van der Waals surface area contributed by atoms with Crippen LogP contribution in [0.5, 0.6) is 5.75 Å². The van der Waals surface area contributed by atoms with Gasteiger partial charge in [-0.25, -0.2) is 0 Å². The second kappa shape index (κ2) is 9.15. The molecule has 1 rings (SSSR count). The molecule has 0 saturated carbocycles. The summed E-state index contributed by atoms with van der Waals surface area (Å²) in [5, 5.41) is 5.32. The zero-order chi connectivity index (χ0) is 17.4. The van der Waals surface area contributed by atoms with Crippen molar-refractivity contribution in [3.05, 3.63) is 29.3 Å². The fraction of sp³-hybridized carbons (Fsp3) is 0.529. The van der Waals surface area contributed by atoms with E-state index in [1.807, 2.05) is 39.0 Å². The van der Waals surface area contributed by atoms with Crippen LogP contribution in [-0.2, 0) is 16.0 Å². The van der Waals surface area contributed by atoms with Crippen LogP contribution in [-0.4, -0.2) is 38.1 Å². The predicted octanol–water partition coefficient (Wildman–Crippen LogP) is 0.762. The lowest BCUT2D eigenvalue weighted by atomic mass is 10.1. The molecule has 2 amide bonds. The molecule has 0 aliphatic rings. The van der Waals surface area contributed by atoms with E-state index in [9.17, 15) is 9.59 Å². The van der Waals surface area contributed by atoms with Crippen LogP contribution in [0.3, 0.4) is 0 Å². The number of hydrogen-bond acceptors (Lipinski definition) is 4. The first kappa shape index (κ1) is 19.0. The summed E-state index contributed by atoms with van der Waals surface area (Å²) < 4.78 is 5.30. The van der Waals surface area contributed by atoms with Crippen molar-refractivity contribution in [2.45, 2.75) is 33.2 Å². The van der Waals surface area contributed by atoms with Crippen molar-refractivity contribution in [3.63, 3.8) is 0 Å². The van der Waals surface area contributed by atoms with E-state index < -0.39 is 6.04 Å². The summed E-state index contributed by atoms with van der Waals surface area (Å²) in [6, 6.07) is 5.34. The van der Waals surface area contributed by atoms with Crippen molar-refractivity contribution in [1.29, 1.82) is 0 Å². The zero-order valence-electron chi connectivity index (χ0n) is 14.3. The SMILES string of the molecule is COc1ccc(C)cc1CCNC(=O)CNC(=O)[C@@H](N)C(C)C. The van der Waals surface area contributed by atoms with Gasteiger partial charge in [-0.2, -0.15) is 0 Å². The van der Waals surface area contributed by atoms with Crippen molar-refractivity contribution in [3.8, 4) is 5.75 Å². The predicted molar refractivity (Wildman–Crippen MR) is 90.3 cm³/mol. The number of rotatable bonds is 8. The molecule has 0 heterocycles. The molecule has 0 aliphatic carbocycles. The second-order valence-corrected chi connectivity index (χ2v) is 5.90. The highest BCUT2D eigenvalue weighted by Gasteiger charge is 2.17. The normalized spacial score (nSPS) is 11.9. The van der Waals surface area contributed by atoms with Crippen molar-refractivity contribution in [2.75, 3.05) is 20.2 Å². The van der Waals surface area contributed by atoms with Crippen LogP contribution in [0.4, 0.5) is 0 Å². The number of nitrogens with two attached hydrogens (primary N) is 1. The Morgan fingerprint density at radius 3 is 2.57 bits per heavy atom. The van der Waals surface area contributed by atoms with E-state index in [1.165, 1.54) is 0 Å². The molecule has 0 unspecified atom stereocenters. The Morgan fingerprint density at radius 1 is 1.26 bits per heavy atom. The number of methoxy groups -OCH3 is 1. The van der Waals surface area contributed by atoms with E-state index in [2.05, 4.69) is 10.6 Å². The number of carbonyl (C=O) groups excluding carboxylic acids is 2. The lowest BCUT2D eigenvalue weighted by molar-refractivity contribution is -0.127. The third-order valence-corrected chi connectivity index (χ3v) is 3.60. The van der Waals surface area contributed by atoms with Gasteiger partial charge in [0.2, 0.25) is 11.8 Å². The zero-order valence-corrected chi connectivity index (χ0v) is 14.3. The second-order valence-electron chi connectivity index (χ2n) is 5.90. The highest BCUT2D eigenvalue weighted by atomic mass is 16.5. The molecule has 0 spiro atoms. The van der Waals surface area contributed by atoms with Gasteiger partial charge in [-0.15, -0.1) is 0 Å². The lowest BCUT2D eigenvalue weighted by Crippen LogP contribution is -2.47. The molecular weight excluding hydrogens is 294 g/mol. The van der Waals surface area contributed by atoms with E-state index in [0.717, 1.165) is 16.9 Å². The minimum atomic E-state index is -0.598. The molecule has 0 aromatic heterocycles. The van der Waals surface area contributed by atoms with Gasteiger partial charge in [-0.3, -0.25) is 9.59 Å². The van der Waals surface area contributed by atoms with Gasteiger partial charge in [0, 0.05) is 6.54 Å². The molecule has 128 valence electrons. The first-order chi connectivity index (χ1) is 10.8. The minimum absolute atomic E-state index is 0.0341. The van der Waals surface area contributed by atoms with Gasteiger partial charge in [0.15, 0.2) is 0 Å². The maximum atomic E-state index is 11.8. The molecule has 0 fully saturated rings. The summed E-state index contributed by atoms with van der Waals surface area (Å²) in [4.78, 5) is 23.4. The van der Waals surface area contributed by atoms with Crippen LogP contribution in [0.2, 0.25) is 0 Å². The van der Waals surface area contributed by atoms with E-state index >= 15 is 0 Å². The standard InChI is InChI=1S/C17H27N3O3/c1-11(2)16(18)17(22)20-10-15(21)19-8-7-13-9-12(3)5-6-14(13)23-4/h5-6,9,11,16H,7-8,10,18H2,1-4H3,(H,19,21)(H,20,22)/t16-/m0/s1. The number of aryl methyl sites for hydroxylation is 1. The minimum Gasteiger partial charge on any atom is -0.496 e. The first-order valence-corrected chi connectivity index (χ1v) is 7.78. The molecule has 6 heteroatoms. The maximum Gasteiger partial charge on any atom is 0.239 e. The number of amides is 2. The molecule has 4 N–H and O–H groups in total. The van der Waals surface area contributed by atoms with E-state index in [0.29, 0.717) is 13.0 Å². The van der Waals surface area contributed by atoms with Crippen molar-refractivity contribution < 1.29 is 14.3 Å². The van der Waals surface area contributed by atoms with Gasteiger partial charge in [0.25, 0.3) is 0 Å². The molecule has 0 bridgehead atoms. The van der Waals surface area contributed by atoms with E-state index in [-0.39, 0.29) is 24.3 Å². The Balaban J connectivity index is 2.37. The smallest absolute Gasteiger partial charge is 0.239 e. The number of hydrogen-bond donors (Lipinski definition) is 3. The average Bonchev–Trinajstić information content (AvgIpc) is 2.52. The number of ether oxygens (including phenoxy) is 1. The van der Waals surface area contributed by atoms with Crippen LogP contribution >= 0.6 is 0 Å². The topological polar surface area (TPSA) is 93.5 Å². The first-order valence-electron chi connectivity index (χ1n) is 7.78. The molecule has 1 aromatic carbocycles. The van der Waals surface area contributed by atoms with Gasteiger partial charge < -0.3 is 21.1 Å². The number of carbonyl (C=O) groups is 2. The van der Waals surface area contributed by atoms with E-state index in [1.54, 1.807) is 7.11 Å². The summed E-state index contributed by atoms with van der Waals surface area (Å²) in [5.74, 6) is 0.296. The Hall–Kier alpha value is -2.08. The van der Waals surface area contributed by atoms with Crippen LogP contribution in [0.1, 0.15) is 25.0 Å². The molecule has 0 saturated heterocycles. The maximum absolute atomic E-state index is 11.8. The fourth-order valence-electron chi connectivity index (χ4n) is 2.09. The Kier molecular flexibility index (Phi) is 7.54. The summed E-state index contributed by atoms with van der Waals surface area (Å²) in [6.45, 7) is 6.14. The summed E-state index contributed by atoms with van der Waals surface area (Å²) >= 11 is 0. The largest absolute Gasteiger partial charge is 0.496 e. The highest BCUT2D eigenvalue weighted by Crippen LogP contribution is 2.19. The molecule has 1 atom stereocenters. The Labute approximate surface area is 137 Å². The number of benzene rings is 1. The summed E-state index contributed by atoms with van der Waals surface area (Å²) in [6.07, 6.45) is 0.663. The Morgan fingerprint density at radius 2 is 1.96 bits per heavy atom. The van der Waals surface area contributed by atoms with Crippen LogP contribution in [0.15, 0.2) is 18.2 Å². The molecule has 0 aliphatic heterocycles. The third-order valence-electron chi connectivity index (χ3n) is 3.60. The van der Waals surface area contributed by atoms with Gasteiger partial charge in [-0.05, 0) is 30.9 Å². The average molecular weight is 321 g/mol. The van der Waals surface area contributed by atoms with Crippen molar-refractivity contribution in [2.24, 2.45) is 11.7 Å². The van der Waals surface area contributed by atoms with Crippen LogP contribution < -0.4 is 21.1 Å². The molecule has 23 heavy (non-hydrogen) atoms. The van der Waals surface area contributed by atoms with Gasteiger partial charge >= 0.3 is 0 Å². The summed E-state index contributed by atoms with van der Waals surface area (Å²) in [5.41, 5.74) is 7.89. The fourth-order valence-corrected chi connectivity index (χ4v) is 2.09. The quantitative estimate of drug-likeness (QED) is 0.659. The van der Waals surface area contributed by atoms with Crippen LogP contribution in [0.25, 0.3) is 0 Å². The summed E-state index contributed by atoms with van der Waals surface area (Å²) in [7, 11) is 1.63. The third kappa shape index (κ3) is 6.28. The molecule has 0 radical (unpaired) electrons. The molecular formula is C17H27N3O3.